The molecule has 23 heavy (non-hydrogen) atoms. The van der Waals surface area contributed by atoms with Crippen LogP contribution in [0.3, 0.4) is 0 Å². The molecule has 1 saturated carbocycles. The second kappa shape index (κ2) is 5.47. The highest BCUT2D eigenvalue weighted by Gasteiger charge is 2.36. The molecule has 0 unspecified atom stereocenters. The largest absolute Gasteiger partial charge is 0.360 e. The van der Waals surface area contributed by atoms with Crippen LogP contribution in [-0.4, -0.2) is 32.6 Å². The van der Waals surface area contributed by atoms with Crippen molar-refractivity contribution in [1.82, 2.24) is 20.2 Å². The Morgan fingerprint density at radius 2 is 2.09 bits per heavy atom. The zero-order valence-corrected chi connectivity index (χ0v) is 13.4. The van der Waals surface area contributed by atoms with Gasteiger partial charge in [-0.05, 0) is 25.7 Å². The zero-order chi connectivity index (χ0) is 16.0. The molecule has 2 aliphatic rings. The van der Waals surface area contributed by atoms with E-state index in [0.29, 0.717) is 29.9 Å². The molecule has 4 rings (SSSR count). The number of amides is 1. The van der Waals surface area contributed by atoms with Crippen LogP contribution in [0.4, 0.5) is 0 Å². The van der Waals surface area contributed by atoms with Crippen molar-refractivity contribution in [2.24, 2.45) is 0 Å². The van der Waals surface area contributed by atoms with Gasteiger partial charge >= 0.3 is 0 Å². The number of likely N-dealkylation sites (tertiary alicyclic amines) is 1. The summed E-state index contributed by atoms with van der Waals surface area (Å²) < 4.78 is 10.6. The smallest absolute Gasteiger partial charge is 0.276 e. The number of carbonyl (C=O) groups is 1. The highest BCUT2D eigenvalue weighted by atomic mass is 16.5. The van der Waals surface area contributed by atoms with Crippen molar-refractivity contribution in [3.05, 3.63) is 29.2 Å². The summed E-state index contributed by atoms with van der Waals surface area (Å²) in [6.07, 6.45) is 4.01. The molecule has 3 heterocycles. The standard InChI is InChI=1S/C16H20N4O3/c1-9(2)15-17-14(19-23-15)12-4-3-7-20(12)16(21)11-8-13(22-18-11)10-5-6-10/h8-10,12H,3-7H2,1-2H3/t12-/m1/s1. The molecule has 1 aliphatic heterocycles. The number of hydrogen-bond donors (Lipinski definition) is 0. The Bertz CT molecular complexity index is 716. The van der Waals surface area contributed by atoms with Gasteiger partial charge in [-0.2, -0.15) is 4.98 Å². The van der Waals surface area contributed by atoms with Crippen molar-refractivity contribution >= 4 is 5.91 Å². The molecule has 122 valence electrons. The van der Waals surface area contributed by atoms with Gasteiger partial charge in [0, 0.05) is 24.4 Å². The summed E-state index contributed by atoms with van der Waals surface area (Å²) in [4.78, 5) is 19.0. The SMILES string of the molecule is CC(C)c1nc([C@H]2CCCN2C(=O)c2cc(C3CC3)on2)no1. The second-order valence-electron chi connectivity index (χ2n) is 6.69. The first kappa shape index (κ1) is 14.4. The van der Waals surface area contributed by atoms with Crippen LogP contribution in [-0.2, 0) is 0 Å². The van der Waals surface area contributed by atoms with Crippen LogP contribution >= 0.6 is 0 Å². The fraction of sp³-hybridized carbons (Fsp3) is 0.625. The summed E-state index contributed by atoms with van der Waals surface area (Å²) in [5, 5.41) is 8.02. The minimum absolute atomic E-state index is 0.112. The quantitative estimate of drug-likeness (QED) is 0.862. The van der Waals surface area contributed by atoms with E-state index < -0.39 is 0 Å². The van der Waals surface area contributed by atoms with Gasteiger partial charge in [0.15, 0.2) is 11.5 Å². The minimum Gasteiger partial charge on any atom is -0.360 e. The van der Waals surface area contributed by atoms with Crippen molar-refractivity contribution in [3.8, 4) is 0 Å². The normalized spacial score (nSPS) is 21.3. The predicted molar refractivity (Wildman–Crippen MR) is 79.9 cm³/mol. The molecule has 2 fully saturated rings. The number of carbonyl (C=O) groups excluding carboxylic acids is 1. The van der Waals surface area contributed by atoms with E-state index in [4.69, 9.17) is 9.05 Å². The van der Waals surface area contributed by atoms with Gasteiger partial charge < -0.3 is 13.9 Å². The first-order valence-corrected chi connectivity index (χ1v) is 8.24. The van der Waals surface area contributed by atoms with E-state index in [0.717, 1.165) is 31.4 Å². The number of aromatic nitrogens is 3. The van der Waals surface area contributed by atoms with Crippen molar-refractivity contribution in [2.75, 3.05) is 6.54 Å². The van der Waals surface area contributed by atoms with Crippen LogP contribution in [0.1, 0.15) is 85.4 Å². The molecular formula is C16H20N4O3. The lowest BCUT2D eigenvalue weighted by Crippen LogP contribution is -2.31. The topological polar surface area (TPSA) is 85.3 Å². The number of hydrogen-bond acceptors (Lipinski definition) is 6. The van der Waals surface area contributed by atoms with Crippen LogP contribution < -0.4 is 0 Å². The van der Waals surface area contributed by atoms with Crippen LogP contribution in [0.15, 0.2) is 15.1 Å². The molecule has 0 bridgehead atoms. The highest BCUT2D eigenvalue weighted by Crippen LogP contribution is 2.40. The predicted octanol–water partition coefficient (Wildman–Crippen LogP) is 3.04. The third kappa shape index (κ3) is 2.64. The third-order valence-corrected chi connectivity index (χ3v) is 4.49. The molecule has 1 atom stereocenters. The fourth-order valence-electron chi connectivity index (χ4n) is 2.99. The molecule has 1 saturated heterocycles. The van der Waals surface area contributed by atoms with Gasteiger partial charge in [0.2, 0.25) is 5.89 Å². The molecule has 0 radical (unpaired) electrons. The molecular weight excluding hydrogens is 296 g/mol. The Morgan fingerprint density at radius 1 is 1.26 bits per heavy atom. The first-order chi connectivity index (χ1) is 11.1. The van der Waals surface area contributed by atoms with Crippen molar-refractivity contribution < 1.29 is 13.8 Å². The summed E-state index contributed by atoms with van der Waals surface area (Å²) in [5.74, 6) is 2.54. The van der Waals surface area contributed by atoms with Crippen molar-refractivity contribution in [2.45, 2.75) is 57.4 Å². The van der Waals surface area contributed by atoms with E-state index in [2.05, 4.69) is 15.3 Å². The van der Waals surface area contributed by atoms with Crippen molar-refractivity contribution in [3.63, 3.8) is 0 Å². The van der Waals surface area contributed by atoms with Crippen LogP contribution in [0.2, 0.25) is 0 Å². The van der Waals surface area contributed by atoms with Crippen LogP contribution in [0.25, 0.3) is 0 Å². The molecule has 2 aromatic rings. The first-order valence-electron chi connectivity index (χ1n) is 8.24. The third-order valence-electron chi connectivity index (χ3n) is 4.49. The van der Waals surface area contributed by atoms with E-state index >= 15 is 0 Å². The van der Waals surface area contributed by atoms with E-state index in [1.807, 2.05) is 13.8 Å². The van der Waals surface area contributed by atoms with E-state index in [-0.39, 0.29) is 17.9 Å². The molecule has 1 aliphatic carbocycles. The van der Waals surface area contributed by atoms with Crippen LogP contribution in [0.5, 0.6) is 0 Å². The maximum Gasteiger partial charge on any atom is 0.276 e. The molecule has 0 spiro atoms. The summed E-state index contributed by atoms with van der Waals surface area (Å²) in [7, 11) is 0. The molecule has 1 amide bonds. The van der Waals surface area contributed by atoms with Gasteiger partial charge in [-0.1, -0.05) is 24.2 Å². The van der Waals surface area contributed by atoms with E-state index in [9.17, 15) is 4.79 Å². The Labute approximate surface area is 134 Å². The molecule has 0 N–H and O–H groups in total. The second-order valence-corrected chi connectivity index (χ2v) is 6.69. The maximum atomic E-state index is 12.7. The van der Waals surface area contributed by atoms with E-state index in [1.54, 1.807) is 11.0 Å². The summed E-state index contributed by atoms with van der Waals surface area (Å²) >= 11 is 0. The Balaban J connectivity index is 1.54. The van der Waals surface area contributed by atoms with Gasteiger partial charge in [-0.25, -0.2) is 0 Å². The zero-order valence-electron chi connectivity index (χ0n) is 13.4. The van der Waals surface area contributed by atoms with Gasteiger partial charge in [-0.3, -0.25) is 4.79 Å². The molecule has 7 nitrogen and oxygen atoms in total. The fourth-order valence-corrected chi connectivity index (χ4v) is 2.99. The lowest BCUT2D eigenvalue weighted by Gasteiger charge is -2.20. The lowest BCUT2D eigenvalue weighted by atomic mass is 10.2. The minimum atomic E-state index is -0.139. The van der Waals surface area contributed by atoms with Crippen LogP contribution in [0, 0.1) is 0 Å². The molecule has 2 aromatic heterocycles. The van der Waals surface area contributed by atoms with Crippen molar-refractivity contribution in [1.29, 1.82) is 0 Å². The average Bonchev–Trinajstić information content (AvgIpc) is 3.02. The van der Waals surface area contributed by atoms with Gasteiger partial charge in [0.1, 0.15) is 5.76 Å². The van der Waals surface area contributed by atoms with Gasteiger partial charge in [0.05, 0.1) is 6.04 Å². The average molecular weight is 316 g/mol. The summed E-state index contributed by atoms with van der Waals surface area (Å²) in [5.41, 5.74) is 0.381. The van der Waals surface area contributed by atoms with Gasteiger partial charge in [-0.15, -0.1) is 0 Å². The number of nitrogens with zero attached hydrogens (tertiary/aromatic N) is 4. The molecule has 7 heteroatoms. The maximum absolute atomic E-state index is 12.7. The number of rotatable bonds is 4. The highest BCUT2D eigenvalue weighted by molar-refractivity contribution is 5.92. The lowest BCUT2D eigenvalue weighted by molar-refractivity contribution is 0.0717. The summed E-state index contributed by atoms with van der Waals surface area (Å²) in [6, 6.07) is 1.64. The monoisotopic (exact) mass is 316 g/mol. The van der Waals surface area contributed by atoms with E-state index in [1.165, 1.54) is 0 Å². The Hall–Kier alpha value is -2.18. The Morgan fingerprint density at radius 3 is 2.78 bits per heavy atom. The Kier molecular flexibility index (Phi) is 3.43. The molecule has 0 aromatic carbocycles. The summed E-state index contributed by atoms with van der Waals surface area (Å²) in [6.45, 7) is 4.69. The van der Waals surface area contributed by atoms with Gasteiger partial charge in [0.25, 0.3) is 5.91 Å².